The lowest BCUT2D eigenvalue weighted by Crippen LogP contribution is -2.13. The van der Waals surface area contributed by atoms with E-state index in [1.54, 1.807) is 6.20 Å². The topological polar surface area (TPSA) is 43.8 Å². The van der Waals surface area contributed by atoms with Crippen LogP contribution in [0.25, 0.3) is 0 Å². The molecular formula is C12H15N3. The van der Waals surface area contributed by atoms with Crippen molar-refractivity contribution in [2.24, 2.45) is 0 Å². The zero-order chi connectivity index (χ0) is 10.7. The van der Waals surface area contributed by atoms with Gasteiger partial charge in [-0.2, -0.15) is 5.10 Å². The minimum atomic E-state index is 0.237. The van der Waals surface area contributed by atoms with Gasteiger partial charge in [-0.1, -0.05) is 37.3 Å². The smallest absolute Gasteiger partial charge is 0.122 e. The summed E-state index contributed by atoms with van der Waals surface area (Å²) in [5, 5.41) is 4.25. The third kappa shape index (κ3) is 1.86. The van der Waals surface area contributed by atoms with Gasteiger partial charge in [0.15, 0.2) is 0 Å². The van der Waals surface area contributed by atoms with Gasteiger partial charge in [0.2, 0.25) is 0 Å². The fraction of sp³-hybridized carbons (Fsp3) is 0.250. The van der Waals surface area contributed by atoms with E-state index in [1.165, 1.54) is 5.56 Å². The molecule has 2 N–H and O–H groups in total. The van der Waals surface area contributed by atoms with Crippen molar-refractivity contribution < 1.29 is 0 Å². The molecule has 0 spiro atoms. The molecule has 0 aliphatic heterocycles. The molecule has 0 radical (unpaired) electrons. The molecule has 1 heterocycles. The average molecular weight is 201 g/mol. The van der Waals surface area contributed by atoms with E-state index >= 15 is 0 Å². The van der Waals surface area contributed by atoms with E-state index < -0.39 is 0 Å². The Labute approximate surface area is 89.5 Å². The summed E-state index contributed by atoms with van der Waals surface area (Å²) in [7, 11) is 0. The van der Waals surface area contributed by atoms with Gasteiger partial charge in [0.25, 0.3) is 0 Å². The highest BCUT2D eigenvalue weighted by molar-refractivity contribution is 5.30. The first-order valence-electron chi connectivity index (χ1n) is 5.17. The Bertz CT molecular complexity index is 419. The molecule has 0 amide bonds. The minimum Gasteiger partial charge on any atom is -0.384 e. The zero-order valence-corrected chi connectivity index (χ0v) is 8.80. The maximum absolute atomic E-state index is 5.85. The van der Waals surface area contributed by atoms with Crippen molar-refractivity contribution in [2.75, 3.05) is 5.73 Å². The quantitative estimate of drug-likeness (QED) is 0.829. The highest BCUT2D eigenvalue weighted by Crippen LogP contribution is 2.23. The molecule has 78 valence electrons. The summed E-state index contributed by atoms with van der Waals surface area (Å²) in [5.74, 6) is 0.714. The van der Waals surface area contributed by atoms with Gasteiger partial charge in [0.1, 0.15) is 5.82 Å². The molecule has 1 aromatic carbocycles. The molecule has 0 aliphatic carbocycles. The predicted molar refractivity (Wildman–Crippen MR) is 61.5 cm³/mol. The first kappa shape index (κ1) is 9.77. The summed E-state index contributed by atoms with van der Waals surface area (Å²) in [6.45, 7) is 2.14. The van der Waals surface area contributed by atoms with Crippen molar-refractivity contribution in [1.82, 2.24) is 9.78 Å². The lowest BCUT2D eigenvalue weighted by molar-refractivity contribution is 0.516. The first-order valence-corrected chi connectivity index (χ1v) is 5.17. The fourth-order valence-electron chi connectivity index (χ4n) is 1.81. The molecule has 3 heteroatoms. The molecule has 0 saturated carbocycles. The number of hydrogen-bond donors (Lipinski definition) is 1. The predicted octanol–water partition coefficient (Wildman–Crippen LogP) is 2.46. The van der Waals surface area contributed by atoms with E-state index in [2.05, 4.69) is 24.2 Å². The molecular weight excluding hydrogens is 186 g/mol. The van der Waals surface area contributed by atoms with Gasteiger partial charge in [-0.15, -0.1) is 0 Å². The summed E-state index contributed by atoms with van der Waals surface area (Å²) < 4.78 is 1.87. The van der Waals surface area contributed by atoms with E-state index in [4.69, 9.17) is 5.73 Å². The van der Waals surface area contributed by atoms with Gasteiger partial charge in [-0.3, -0.25) is 0 Å². The summed E-state index contributed by atoms with van der Waals surface area (Å²) in [5.41, 5.74) is 7.10. The lowest BCUT2D eigenvalue weighted by Gasteiger charge is -2.17. The number of benzene rings is 1. The van der Waals surface area contributed by atoms with Crippen molar-refractivity contribution in [3.8, 4) is 0 Å². The van der Waals surface area contributed by atoms with E-state index in [-0.39, 0.29) is 6.04 Å². The van der Waals surface area contributed by atoms with Crippen LogP contribution in [0.1, 0.15) is 24.9 Å². The van der Waals surface area contributed by atoms with Gasteiger partial charge in [-0.25, -0.2) is 4.68 Å². The van der Waals surface area contributed by atoms with Crippen LogP contribution in [0, 0.1) is 0 Å². The SMILES string of the molecule is CCC(c1ccccc1)n1nccc1N. The molecule has 0 saturated heterocycles. The Balaban J connectivity index is 2.37. The standard InChI is InChI=1S/C12H15N3/c1-2-11(10-6-4-3-5-7-10)15-12(13)8-9-14-15/h3-9,11H,2,13H2,1H3. The summed E-state index contributed by atoms with van der Waals surface area (Å²) in [4.78, 5) is 0. The molecule has 1 aromatic heterocycles. The number of anilines is 1. The monoisotopic (exact) mass is 201 g/mol. The molecule has 1 unspecified atom stereocenters. The van der Waals surface area contributed by atoms with Crippen LogP contribution in [0.5, 0.6) is 0 Å². The maximum Gasteiger partial charge on any atom is 0.122 e. The van der Waals surface area contributed by atoms with Gasteiger partial charge >= 0.3 is 0 Å². The van der Waals surface area contributed by atoms with E-state index in [0.717, 1.165) is 6.42 Å². The second-order valence-electron chi connectivity index (χ2n) is 3.54. The van der Waals surface area contributed by atoms with E-state index in [0.29, 0.717) is 5.82 Å². The summed E-state index contributed by atoms with van der Waals surface area (Å²) in [6.07, 6.45) is 2.72. The van der Waals surface area contributed by atoms with E-state index in [1.807, 2.05) is 28.9 Å². The Kier molecular flexibility index (Phi) is 2.72. The van der Waals surface area contributed by atoms with Gasteiger partial charge in [0.05, 0.1) is 12.2 Å². The van der Waals surface area contributed by atoms with Crippen molar-refractivity contribution in [3.63, 3.8) is 0 Å². The van der Waals surface area contributed by atoms with Crippen molar-refractivity contribution in [3.05, 3.63) is 48.2 Å². The normalized spacial score (nSPS) is 12.6. The minimum absolute atomic E-state index is 0.237. The molecule has 0 aliphatic rings. The van der Waals surface area contributed by atoms with E-state index in [9.17, 15) is 0 Å². The highest BCUT2D eigenvalue weighted by Gasteiger charge is 2.13. The number of aromatic nitrogens is 2. The second-order valence-corrected chi connectivity index (χ2v) is 3.54. The lowest BCUT2D eigenvalue weighted by atomic mass is 10.1. The fourth-order valence-corrected chi connectivity index (χ4v) is 1.81. The second kappa shape index (κ2) is 4.17. The zero-order valence-electron chi connectivity index (χ0n) is 8.80. The third-order valence-corrected chi connectivity index (χ3v) is 2.57. The number of hydrogen-bond acceptors (Lipinski definition) is 2. The highest BCUT2D eigenvalue weighted by atomic mass is 15.3. The molecule has 3 nitrogen and oxygen atoms in total. The Morgan fingerprint density at radius 1 is 1.27 bits per heavy atom. The Morgan fingerprint density at radius 2 is 2.00 bits per heavy atom. The Hall–Kier alpha value is -1.77. The molecule has 0 bridgehead atoms. The van der Waals surface area contributed by atoms with Crippen LogP contribution in [0.3, 0.4) is 0 Å². The molecule has 2 aromatic rings. The van der Waals surface area contributed by atoms with Gasteiger partial charge in [0, 0.05) is 0 Å². The Morgan fingerprint density at radius 3 is 2.53 bits per heavy atom. The van der Waals surface area contributed by atoms with Crippen molar-refractivity contribution in [1.29, 1.82) is 0 Å². The number of nitrogen functional groups attached to an aromatic ring is 1. The third-order valence-electron chi connectivity index (χ3n) is 2.57. The van der Waals surface area contributed by atoms with Crippen molar-refractivity contribution >= 4 is 5.82 Å². The van der Waals surface area contributed by atoms with Crippen LogP contribution in [0.2, 0.25) is 0 Å². The molecule has 2 rings (SSSR count). The maximum atomic E-state index is 5.85. The van der Waals surface area contributed by atoms with Crippen LogP contribution in [-0.4, -0.2) is 9.78 Å². The van der Waals surface area contributed by atoms with Crippen molar-refractivity contribution in [2.45, 2.75) is 19.4 Å². The average Bonchev–Trinajstić information content (AvgIpc) is 2.68. The number of rotatable bonds is 3. The van der Waals surface area contributed by atoms with Crippen LogP contribution < -0.4 is 5.73 Å². The van der Waals surface area contributed by atoms with Crippen LogP contribution in [-0.2, 0) is 0 Å². The van der Waals surface area contributed by atoms with Gasteiger partial charge in [-0.05, 0) is 18.1 Å². The molecule has 0 fully saturated rings. The largest absolute Gasteiger partial charge is 0.384 e. The summed E-state index contributed by atoms with van der Waals surface area (Å²) in [6, 6.07) is 12.4. The van der Waals surface area contributed by atoms with Crippen LogP contribution >= 0.6 is 0 Å². The van der Waals surface area contributed by atoms with Crippen LogP contribution in [0.15, 0.2) is 42.6 Å². The number of nitrogens with zero attached hydrogens (tertiary/aromatic N) is 2. The van der Waals surface area contributed by atoms with Gasteiger partial charge < -0.3 is 5.73 Å². The first-order chi connectivity index (χ1) is 7.33. The number of nitrogens with two attached hydrogens (primary N) is 1. The molecule has 1 atom stereocenters. The summed E-state index contributed by atoms with van der Waals surface area (Å²) >= 11 is 0. The van der Waals surface area contributed by atoms with Crippen LogP contribution in [0.4, 0.5) is 5.82 Å². The molecule has 15 heavy (non-hydrogen) atoms.